The summed E-state index contributed by atoms with van der Waals surface area (Å²) in [6.07, 6.45) is -1.27. The van der Waals surface area contributed by atoms with E-state index >= 15 is 0 Å². The molecule has 3 unspecified atom stereocenters. The van der Waals surface area contributed by atoms with Gasteiger partial charge in [-0.25, -0.2) is 4.79 Å². The van der Waals surface area contributed by atoms with Crippen LogP contribution in [0.1, 0.15) is 34.2 Å². The summed E-state index contributed by atoms with van der Waals surface area (Å²) < 4.78 is 39.9. The van der Waals surface area contributed by atoms with E-state index in [2.05, 4.69) is 6.58 Å². The minimum atomic E-state index is -1.52. The van der Waals surface area contributed by atoms with Crippen LogP contribution in [0.5, 0.6) is 0 Å². The number of rotatable bonds is 19. The number of benzene rings is 5. The van der Waals surface area contributed by atoms with Gasteiger partial charge >= 0.3 is 5.97 Å². The molecule has 0 aliphatic carbocycles. The Bertz CT molecular complexity index is 1910. The number of aliphatic imine (C=N–C) groups is 1. The van der Waals surface area contributed by atoms with E-state index in [1.807, 2.05) is 152 Å². The van der Waals surface area contributed by atoms with Crippen molar-refractivity contribution in [3.8, 4) is 0 Å². The number of carbonyl (C=O) groups is 1. The van der Waals surface area contributed by atoms with Gasteiger partial charge in [-0.05, 0) is 27.8 Å². The van der Waals surface area contributed by atoms with Crippen LogP contribution in [0.4, 0.5) is 0 Å². The van der Waals surface area contributed by atoms with Gasteiger partial charge in [0, 0.05) is 6.42 Å². The van der Waals surface area contributed by atoms with Crippen molar-refractivity contribution in [2.75, 3.05) is 13.7 Å². The van der Waals surface area contributed by atoms with Crippen LogP contribution >= 0.6 is 0 Å². The molecule has 5 aromatic carbocycles. The van der Waals surface area contributed by atoms with Crippen LogP contribution in [0, 0.1) is 0 Å². The average Bonchev–Trinajstić information content (AvgIpc) is 3.24. The molecule has 0 amide bonds. The Labute approximate surface area is 324 Å². The molecule has 1 aliphatic rings. The molecule has 284 valence electrons. The van der Waals surface area contributed by atoms with Crippen LogP contribution in [0.2, 0.25) is 0 Å². The molecule has 5 aromatic rings. The molecule has 1 aliphatic heterocycles. The lowest BCUT2D eigenvalue weighted by Crippen LogP contribution is -2.70. The molecule has 8 heteroatoms. The van der Waals surface area contributed by atoms with Crippen LogP contribution in [0.15, 0.2) is 169 Å². The summed E-state index contributed by atoms with van der Waals surface area (Å²) in [7, 11) is 1.35. The molecule has 1 saturated heterocycles. The largest absolute Gasteiger partial charge is 0.464 e. The third-order valence-electron chi connectivity index (χ3n) is 9.54. The minimum Gasteiger partial charge on any atom is -0.464 e. The summed E-state index contributed by atoms with van der Waals surface area (Å²) in [4.78, 5) is 19.1. The summed E-state index contributed by atoms with van der Waals surface area (Å²) in [6.45, 7) is 5.53. The van der Waals surface area contributed by atoms with E-state index in [-0.39, 0.29) is 45.1 Å². The predicted molar refractivity (Wildman–Crippen MR) is 213 cm³/mol. The zero-order valence-electron chi connectivity index (χ0n) is 31.3. The highest BCUT2D eigenvalue weighted by molar-refractivity contribution is 6.40. The first-order chi connectivity index (χ1) is 27.1. The molecule has 1 heterocycles. The van der Waals surface area contributed by atoms with Crippen molar-refractivity contribution < 1.29 is 33.2 Å². The molecule has 0 radical (unpaired) electrons. The van der Waals surface area contributed by atoms with E-state index in [1.165, 1.54) is 7.11 Å². The van der Waals surface area contributed by atoms with Gasteiger partial charge in [-0.15, -0.1) is 6.58 Å². The number of hydrogen-bond donors (Lipinski definition) is 0. The van der Waals surface area contributed by atoms with Crippen molar-refractivity contribution in [2.24, 2.45) is 4.99 Å². The zero-order chi connectivity index (χ0) is 38.1. The van der Waals surface area contributed by atoms with Crippen LogP contribution in [0.25, 0.3) is 0 Å². The van der Waals surface area contributed by atoms with E-state index in [9.17, 15) is 4.79 Å². The van der Waals surface area contributed by atoms with E-state index in [1.54, 1.807) is 6.08 Å². The molecule has 6 rings (SSSR count). The SMILES string of the molecule is C=CC[C@]1(C(=NCc2ccccc2)C(=O)OC)OC(COCc2ccccc2)[C@@H](OCc2ccccc2)C(OCc2ccccc2)C1OCc1ccccc1. The fraction of sp³-hybridized carbons (Fsp3) is 0.277. The van der Waals surface area contributed by atoms with Gasteiger partial charge in [-0.1, -0.05) is 158 Å². The molecule has 0 N–H and O–H groups in total. The maximum Gasteiger partial charge on any atom is 0.355 e. The van der Waals surface area contributed by atoms with E-state index < -0.39 is 36.0 Å². The molecule has 55 heavy (non-hydrogen) atoms. The van der Waals surface area contributed by atoms with E-state index in [0.717, 1.165) is 27.8 Å². The average molecular weight is 740 g/mol. The van der Waals surface area contributed by atoms with Gasteiger partial charge in [-0.3, -0.25) is 4.99 Å². The third-order valence-corrected chi connectivity index (χ3v) is 9.54. The summed E-state index contributed by atoms with van der Waals surface area (Å²) >= 11 is 0. The van der Waals surface area contributed by atoms with Gasteiger partial charge in [0.25, 0.3) is 0 Å². The Morgan fingerprint density at radius 2 is 1.07 bits per heavy atom. The summed E-state index contributed by atoms with van der Waals surface area (Å²) in [5.41, 5.74) is 3.37. The lowest BCUT2D eigenvalue weighted by Gasteiger charge is -2.52. The Morgan fingerprint density at radius 3 is 1.55 bits per heavy atom. The fourth-order valence-electron chi connectivity index (χ4n) is 6.84. The van der Waals surface area contributed by atoms with Gasteiger partial charge in [0.2, 0.25) is 0 Å². The second-order valence-electron chi connectivity index (χ2n) is 13.4. The van der Waals surface area contributed by atoms with Crippen LogP contribution in [-0.4, -0.2) is 55.4 Å². The summed E-state index contributed by atoms with van der Waals surface area (Å²) in [6, 6.07) is 49.5. The summed E-state index contributed by atoms with van der Waals surface area (Å²) in [5, 5.41) is 0. The first kappa shape index (κ1) is 39.5. The first-order valence-corrected chi connectivity index (χ1v) is 18.6. The number of methoxy groups -OCH3 is 1. The van der Waals surface area contributed by atoms with Gasteiger partial charge in [-0.2, -0.15) is 0 Å². The molecular weight excluding hydrogens is 691 g/mol. The van der Waals surface area contributed by atoms with Crippen LogP contribution < -0.4 is 0 Å². The maximum absolute atomic E-state index is 14.1. The van der Waals surface area contributed by atoms with Crippen molar-refractivity contribution in [1.29, 1.82) is 0 Å². The molecule has 5 atom stereocenters. The van der Waals surface area contributed by atoms with Gasteiger partial charge < -0.3 is 28.4 Å². The van der Waals surface area contributed by atoms with Crippen LogP contribution in [-0.2, 0) is 66.2 Å². The first-order valence-electron chi connectivity index (χ1n) is 18.6. The van der Waals surface area contributed by atoms with E-state index in [0.29, 0.717) is 6.61 Å². The van der Waals surface area contributed by atoms with Gasteiger partial charge in [0.15, 0.2) is 5.71 Å². The second kappa shape index (κ2) is 20.5. The maximum atomic E-state index is 14.1. The van der Waals surface area contributed by atoms with Gasteiger partial charge in [0.05, 0.1) is 46.7 Å². The predicted octanol–water partition coefficient (Wildman–Crippen LogP) is 8.49. The number of esters is 1. The number of carbonyl (C=O) groups excluding carboxylic acids is 1. The Kier molecular flexibility index (Phi) is 14.7. The number of ether oxygens (including phenoxy) is 6. The normalized spacial score (nSPS) is 21.1. The lowest BCUT2D eigenvalue weighted by molar-refractivity contribution is -0.289. The second-order valence-corrected chi connectivity index (χ2v) is 13.4. The number of nitrogens with zero attached hydrogens (tertiary/aromatic N) is 1. The van der Waals surface area contributed by atoms with Crippen molar-refractivity contribution >= 4 is 11.7 Å². The van der Waals surface area contributed by atoms with E-state index in [4.69, 9.17) is 33.4 Å². The molecule has 0 aromatic heterocycles. The molecule has 0 saturated carbocycles. The standard InChI is InChI=1S/C47H49NO7/c1-3-29-47(44(46(49)50-2)48-30-36-19-9-4-10-20-36)45(54-34-40-27-17-8-18-28-40)43(53-33-39-25-15-7-16-26-39)42(52-32-38-23-13-6-14-24-38)41(55-47)35-51-31-37-21-11-5-12-22-37/h3-28,41-43,45H,1,29-35H2,2H3/t41?,42-,43?,45?,47-/m1/s1. The van der Waals surface area contributed by atoms with Crippen molar-refractivity contribution in [2.45, 2.75) is 69.4 Å². The Hall–Kier alpha value is -5.22. The highest BCUT2D eigenvalue weighted by Gasteiger charge is 2.60. The molecule has 1 fully saturated rings. The topological polar surface area (TPSA) is 84.8 Å². The summed E-state index contributed by atoms with van der Waals surface area (Å²) in [5.74, 6) is -0.638. The monoisotopic (exact) mass is 739 g/mol. The highest BCUT2D eigenvalue weighted by atomic mass is 16.6. The molecular formula is C47H49NO7. The Morgan fingerprint density at radius 1 is 0.636 bits per heavy atom. The smallest absolute Gasteiger partial charge is 0.355 e. The van der Waals surface area contributed by atoms with Crippen molar-refractivity contribution in [3.05, 3.63) is 192 Å². The molecule has 0 spiro atoms. The molecule has 0 bridgehead atoms. The molecule has 8 nitrogen and oxygen atoms in total. The van der Waals surface area contributed by atoms with Crippen molar-refractivity contribution in [3.63, 3.8) is 0 Å². The quantitative estimate of drug-likeness (QED) is 0.0477. The number of hydrogen-bond acceptors (Lipinski definition) is 8. The minimum absolute atomic E-state index is 0.0692. The zero-order valence-corrected chi connectivity index (χ0v) is 31.3. The van der Waals surface area contributed by atoms with Crippen LogP contribution in [0.3, 0.4) is 0 Å². The van der Waals surface area contributed by atoms with Gasteiger partial charge in [0.1, 0.15) is 30.0 Å². The lowest BCUT2D eigenvalue weighted by atomic mass is 9.78. The highest BCUT2D eigenvalue weighted by Crippen LogP contribution is 2.41. The van der Waals surface area contributed by atoms with Crippen molar-refractivity contribution in [1.82, 2.24) is 0 Å². The fourth-order valence-corrected chi connectivity index (χ4v) is 6.84. The Balaban J connectivity index is 1.47. The third kappa shape index (κ3) is 10.7.